The number of likely N-dealkylation sites (N-methyl/N-ethyl adjacent to an activating group) is 1. The lowest BCUT2D eigenvalue weighted by Gasteiger charge is -2.17. The van der Waals surface area contributed by atoms with Gasteiger partial charge in [-0.1, -0.05) is 37.3 Å². The fourth-order valence-corrected chi connectivity index (χ4v) is 4.92. The Morgan fingerprint density at radius 3 is 2.48 bits per heavy atom. The fourth-order valence-electron chi connectivity index (χ4n) is 3.52. The van der Waals surface area contributed by atoms with Gasteiger partial charge in [0.25, 0.3) is 10.0 Å². The largest absolute Gasteiger partial charge is 0.299 e. The molecular weight excluding hydrogens is 356 g/mol. The molecule has 2 aromatic carbocycles. The topological polar surface area (TPSA) is 42.3 Å². The molecule has 4 rings (SSSR count). The van der Waals surface area contributed by atoms with Crippen molar-refractivity contribution in [2.45, 2.75) is 24.8 Å². The maximum absolute atomic E-state index is 13.1. The molecule has 1 aliphatic heterocycles. The third-order valence-electron chi connectivity index (χ3n) is 4.80. The highest BCUT2D eigenvalue weighted by molar-refractivity contribution is 7.90. The summed E-state index contributed by atoms with van der Waals surface area (Å²) in [5.41, 5.74) is 3.12. The first-order chi connectivity index (χ1) is 11.6. The van der Waals surface area contributed by atoms with E-state index in [-0.39, 0.29) is 12.4 Å². The van der Waals surface area contributed by atoms with E-state index in [2.05, 4.69) is 17.9 Å². The predicted molar refractivity (Wildman–Crippen MR) is 103 cm³/mol. The van der Waals surface area contributed by atoms with Gasteiger partial charge in [0.05, 0.1) is 10.4 Å². The van der Waals surface area contributed by atoms with Crippen LogP contribution in [0.2, 0.25) is 0 Å². The lowest BCUT2D eigenvalue weighted by Crippen LogP contribution is -2.23. The molecule has 0 N–H and O–H groups in total. The van der Waals surface area contributed by atoms with E-state index in [1.807, 2.05) is 24.4 Å². The summed E-state index contributed by atoms with van der Waals surface area (Å²) in [5.74, 6) is 0. The molecule has 3 aromatic rings. The van der Waals surface area contributed by atoms with Crippen molar-refractivity contribution in [2.75, 3.05) is 13.1 Å². The first-order valence-electron chi connectivity index (χ1n) is 8.26. The SMILES string of the molecule is CCN1CCc2cccc3c2c(cn3S(=O)(=O)c2ccccc2)C1.Cl. The smallest absolute Gasteiger partial charge is 0.268 e. The Morgan fingerprint density at radius 2 is 1.76 bits per heavy atom. The molecule has 0 radical (unpaired) electrons. The van der Waals surface area contributed by atoms with E-state index >= 15 is 0 Å². The Bertz CT molecular complexity index is 997. The zero-order valence-electron chi connectivity index (χ0n) is 14.1. The molecule has 132 valence electrons. The second-order valence-electron chi connectivity index (χ2n) is 6.20. The molecule has 25 heavy (non-hydrogen) atoms. The molecule has 0 saturated carbocycles. The quantitative estimate of drug-likeness (QED) is 0.700. The van der Waals surface area contributed by atoms with Gasteiger partial charge in [-0.2, -0.15) is 0 Å². The molecule has 1 aliphatic rings. The highest BCUT2D eigenvalue weighted by Crippen LogP contribution is 2.31. The highest BCUT2D eigenvalue weighted by Gasteiger charge is 2.24. The monoisotopic (exact) mass is 376 g/mol. The highest BCUT2D eigenvalue weighted by atomic mass is 35.5. The van der Waals surface area contributed by atoms with E-state index < -0.39 is 10.0 Å². The van der Waals surface area contributed by atoms with Crippen molar-refractivity contribution in [1.29, 1.82) is 0 Å². The van der Waals surface area contributed by atoms with Crippen molar-refractivity contribution in [3.63, 3.8) is 0 Å². The lowest BCUT2D eigenvalue weighted by atomic mass is 10.1. The summed E-state index contributed by atoms with van der Waals surface area (Å²) in [5, 5.41) is 1.10. The summed E-state index contributed by atoms with van der Waals surface area (Å²) < 4.78 is 27.6. The van der Waals surface area contributed by atoms with Gasteiger partial charge in [-0.3, -0.25) is 4.90 Å². The molecule has 1 aromatic heterocycles. The van der Waals surface area contributed by atoms with Crippen LogP contribution in [-0.2, 0) is 23.0 Å². The minimum absolute atomic E-state index is 0. The van der Waals surface area contributed by atoms with Crippen molar-refractivity contribution in [3.05, 3.63) is 65.9 Å². The number of rotatable bonds is 3. The normalized spacial score (nSPS) is 14.9. The summed E-state index contributed by atoms with van der Waals surface area (Å²) >= 11 is 0. The van der Waals surface area contributed by atoms with Crippen LogP contribution in [0.4, 0.5) is 0 Å². The Morgan fingerprint density at radius 1 is 1.00 bits per heavy atom. The summed E-state index contributed by atoms with van der Waals surface area (Å²) in [4.78, 5) is 2.68. The molecule has 0 fully saturated rings. The number of aromatic nitrogens is 1. The van der Waals surface area contributed by atoms with Gasteiger partial charge in [0, 0.05) is 24.7 Å². The first-order valence-corrected chi connectivity index (χ1v) is 9.70. The van der Waals surface area contributed by atoms with E-state index in [1.54, 1.807) is 24.3 Å². The van der Waals surface area contributed by atoms with E-state index in [9.17, 15) is 8.42 Å². The van der Waals surface area contributed by atoms with E-state index in [0.717, 1.165) is 42.5 Å². The number of hydrogen-bond acceptors (Lipinski definition) is 3. The van der Waals surface area contributed by atoms with Crippen LogP contribution in [0.5, 0.6) is 0 Å². The summed E-state index contributed by atoms with van der Waals surface area (Å²) in [6.45, 7) is 4.91. The van der Waals surface area contributed by atoms with Crippen LogP contribution >= 0.6 is 12.4 Å². The molecule has 0 unspecified atom stereocenters. The predicted octanol–water partition coefficient (Wildman–Crippen LogP) is 3.68. The maximum atomic E-state index is 13.1. The molecule has 2 heterocycles. The van der Waals surface area contributed by atoms with Crippen molar-refractivity contribution in [1.82, 2.24) is 8.87 Å². The minimum Gasteiger partial charge on any atom is -0.299 e. The van der Waals surface area contributed by atoms with Gasteiger partial charge < -0.3 is 0 Å². The van der Waals surface area contributed by atoms with Crippen molar-refractivity contribution in [3.8, 4) is 0 Å². The van der Waals surface area contributed by atoms with Gasteiger partial charge in [-0.25, -0.2) is 12.4 Å². The summed E-state index contributed by atoms with van der Waals surface area (Å²) in [6.07, 6.45) is 2.76. The zero-order chi connectivity index (χ0) is 16.7. The van der Waals surface area contributed by atoms with Gasteiger partial charge in [-0.15, -0.1) is 12.4 Å². The van der Waals surface area contributed by atoms with Crippen LogP contribution in [0, 0.1) is 0 Å². The third kappa shape index (κ3) is 2.97. The van der Waals surface area contributed by atoms with Crippen LogP contribution in [0.1, 0.15) is 18.1 Å². The third-order valence-corrected chi connectivity index (χ3v) is 6.49. The van der Waals surface area contributed by atoms with Gasteiger partial charge in [-0.05, 0) is 42.3 Å². The average molecular weight is 377 g/mol. The maximum Gasteiger partial charge on any atom is 0.268 e. The van der Waals surface area contributed by atoms with Crippen LogP contribution in [0.15, 0.2) is 59.6 Å². The van der Waals surface area contributed by atoms with Gasteiger partial charge in [0.15, 0.2) is 0 Å². The second kappa shape index (κ2) is 6.83. The molecule has 0 amide bonds. The average Bonchev–Trinajstić information content (AvgIpc) is 2.88. The molecule has 0 atom stereocenters. The molecular formula is C19H21ClN2O2S. The summed E-state index contributed by atoms with van der Waals surface area (Å²) in [6, 6.07) is 14.6. The van der Waals surface area contributed by atoms with Crippen molar-refractivity contribution < 1.29 is 8.42 Å². The number of hydrogen-bond donors (Lipinski definition) is 0. The first kappa shape index (κ1) is 18.0. The Balaban J connectivity index is 0.00000182. The molecule has 0 saturated heterocycles. The zero-order valence-corrected chi connectivity index (χ0v) is 15.7. The fraction of sp³-hybridized carbons (Fsp3) is 0.263. The molecule has 4 nitrogen and oxygen atoms in total. The molecule has 0 spiro atoms. The molecule has 0 aliphatic carbocycles. The molecule has 6 heteroatoms. The minimum atomic E-state index is -3.58. The van der Waals surface area contributed by atoms with Crippen molar-refractivity contribution in [2.24, 2.45) is 0 Å². The van der Waals surface area contributed by atoms with Crippen LogP contribution in [-0.4, -0.2) is 30.4 Å². The standard InChI is InChI=1S/C19H20N2O2S.ClH/c1-2-20-12-11-15-7-6-10-18-19(15)16(13-20)14-21(18)24(22,23)17-8-4-3-5-9-17;/h3-10,14H,2,11-13H2,1H3;1H. The van der Waals surface area contributed by atoms with E-state index in [1.165, 1.54) is 9.54 Å². The van der Waals surface area contributed by atoms with Gasteiger partial charge in [0.2, 0.25) is 0 Å². The second-order valence-corrected chi connectivity index (χ2v) is 8.01. The lowest BCUT2D eigenvalue weighted by molar-refractivity contribution is 0.288. The number of halogens is 1. The Kier molecular flexibility index (Phi) is 4.91. The number of nitrogens with zero attached hydrogens (tertiary/aromatic N) is 2. The number of benzene rings is 2. The van der Waals surface area contributed by atoms with Crippen LogP contribution in [0.25, 0.3) is 10.9 Å². The van der Waals surface area contributed by atoms with Crippen molar-refractivity contribution >= 4 is 33.3 Å². The van der Waals surface area contributed by atoms with E-state index in [0.29, 0.717) is 4.90 Å². The summed E-state index contributed by atoms with van der Waals surface area (Å²) in [7, 11) is -3.58. The molecule has 0 bridgehead atoms. The van der Waals surface area contributed by atoms with E-state index in [4.69, 9.17) is 0 Å². The Hall–Kier alpha value is -1.82. The Labute approximate surface area is 154 Å². The van der Waals surface area contributed by atoms with Gasteiger partial charge >= 0.3 is 0 Å². The van der Waals surface area contributed by atoms with Gasteiger partial charge in [0.1, 0.15) is 0 Å². The van der Waals surface area contributed by atoms with Crippen LogP contribution < -0.4 is 0 Å². The van der Waals surface area contributed by atoms with Crippen LogP contribution in [0.3, 0.4) is 0 Å².